The molecule has 1 nitrogen and oxygen atoms in total. The maximum Gasteiger partial charge on any atom is 0.0742 e. The zero-order valence-corrected chi connectivity index (χ0v) is 34.4. The van der Waals surface area contributed by atoms with Gasteiger partial charge >= 0.3 is 0 Å². The largest absolute Gasteiger partial charge is 0.371 e. The monoisotopic (exact) mass is 663 g/mol. The third kappa shape index (κ3) is 23.9. The highest BCUT2D eigenvalue weighted by molar-refractivity contribution is 5.01. The lowest BCUT2D eigenvalue weighted by molar-refractivity contribution is -0.187. The van der Waals surface area contributed by atoms with Crippen molar-refractivity contribution < 1.29 is 4.74 Å². The molecule has 284 valence electrons. The molecule has 0 rings (SSSR count). The van der Waals surface area contributed by atoms with Crippen LogP contribution in [0.1, 0.15) is 280 Å². The second kappa shape index (κ2) is 34.4. The van der Waals surface area contributed by atoms with Gasteiger partial charge in [-0.15, -0.1) is 0 Å². The van der Waals surface area contributed by atoms with Crippen molar-refractivity contribution >= 4 is 0 Å². The molecule has 1 atom stereocenters. The van der Waals surface area contributed by atoms with Gasteiger partial charge < -0.3 is 4.74 Å². The van der Waals surface area contributed by atoms with Crippen LogP contribution in [0, 0.1) is 5.41 Å². The van der Waals surface area contributed by atoms with E-state index in [2.05, 4.69) is 48.5 Å². The molecule has 0 aromatic heterocycles. The predicted octanol–water partition coefficient (Wildman–Crippen LogP) is 17.3. The molecular weight excluding hydrogens is 569 g/mol. The summed E-state index contributed by atoms with van der Waals surface area (Å²) in [5.74, 6) is 0. The summed E-state index contributed by atoms with van der Waals surface area (Å²) in [7, 11) is 0. The highest BCUT2D eigenvalue weighted by Gasteiger charge is 2.50. The van der Waals surface area contributed by atoms with Gasteiger partial charge in [0.15, 0.2) is 0 Å². The highest BCUT2D eigenvalue weighted by atomic mass is 16.5. The highest BCUT2D eigenvalue weighted by Crippen LogP contribution is 2.54. The van der Waals surface area contributed by atoms with Gasteiger partial charge in [-0.2, -0.15) is 0 Å². The van der Waals surface area contributed by atoms with Crippen molar-refractivity contribution in [2.24, 2.45) is 5.41 Å². The van der Waals surface area contributed by atoms with Crippen LogP contribution in [0.2, 0.25) is 0 Å². The Bertz CT molecular complexity index is 546. The molecule has 0 bridgehead atoms. The van der Waals surface area contributed by atoms with Gasteiger partial charge in [0.05, 0.1) is 11.7 Å². The first kappa shape index (κ1) is 47.0. The van der Waals surface area contributed by atoms with E-state index in [1.54, 1.807) is 0 Å². The Morgan fingerprint density at radius 2 is 0.574 bits per heavy atom. The van der Waals surface area contributed by atoms with Gasteiger partial charge in [0, 0.05) is 0 Å². The molecule has 0 saturated carbocycles. The van der Waals surface area contributed by atoms with Gasteiger partial charge in [-0.3, -0.25) is 0 Å². The molecule has 0 aromatic carbocycles. The lowest BCUT2D eigenvalue weighted by Gasteiger charge is -2.53. The molecule has 0 saturated heterocycles. The zero-order valence-electron chi connectivity index (χ0n) is 34.4. The maximum absolute atomic E-state index is 7.86. The van der Waals surface area contributed by atoms with Crippen molar-refractivity contribution in [3.8, 4) is 0 Å². The standard InChI is InChI=1S/C46H94O/c1-8-14-20-26-32-38-44(7)47-46(42-36-30-24-18-12-5,43-37-31-25-19-13-6)45(39-33-27-21-15-9-2,40-34-28-22-16-10-3)41-35-29-23-17-11-4/h44H,8-43H2,1-7H3. The summed E-state index contributed by atoms with van der Waals surface area (Å²) in [6.45, 7) is 16.7. The summed E-state index contributed by atoms with van der Waals surface area (Å²) in [4.78, 5) is 0. The molecule has 0 N–H and O–H groups in total. The van der Waals surface area contributed by atoms with Crippen LogP contribution in [0.25, 0.3) is 0 Å². The Morgan fingerprint density at radius 1 is 0.319 bits per heavy atom. The van der Waals surface area contributed by atoms with E-state index in [9.17, 15) is 0 Å². The predicted molar refractivity (Wildman–Crippen MR) is 216 cm³/mol. The normalized spacial score (nSPS) is 13.1. The summed E-state index contributed by atoms with van der Waals surface area (Å²) < 4.78 is 7.86. The molecule has 0 aliphatic rings. The number of rotatable bonds is 39. The first-order valence-corrected chi connectivity index (χ1v) is 22.7. The Kier molecular flexibility index (Phi) is 34.4. The minimum atomic E-state index is 0.0640. The van der Waals surface area contributed by atoms with E-state index in [-0.39, 0.29) is 5.60 Å². The second-order valence-corrected chi connectivity index (χ2v) is 16.2. The SMILES string of the molecule is CCCCCCCC(C)OC(CCCCCCC)(CCCCCCC)C(CCCCCCC)(CCCCCCC)CCCCCCC. The van der Waals surface area contributed by atoms with Gasteiger partial charge in [-0.1, -0.05) is 234 Å². The van der Waals surface area contributed by atoms with E-state index in [1.807, 2.05) is 0 Å². The van der Waals surface area contributed by atoms with Crippen molar-refractivity contribution in [2.45, 2.75) is 291 Å². The number of hydrogen-bond acceptors (Lipinski definition) is 1. The fourth-order valence-corrected chi connectivity index (χ4v) is 8.67. The van der Waals surface area contributed by atoms with Crippen molar-refractivity contribution in [3.63, 3.8) is 0 Å². The number of hydrogen-bond donors (Lipinski definition) is 0. The van der Waals surface area contributed by atoms with E-state index in [1.165, 1.54) is 231 Å². The molecule has 0 aliphatic heterocycles. The van der Waals surface area contributed by atoms with E-state index >= 15 is 0 Å². The maximum atomic E-state index is 7.86. The van der Waals surface area contributed by atoms with Crippen LogP contribution in [0.4, 0.5) is 0 Å². The molecule has 0 aliphatic carbocycles. The second-order valence-electron chi connectivity index (χ2n) is 16.2. The molecule has 0 aromatic rings. The Hall–Kier alpha value is -0.0400. The van der Waals surface area contributed by atoms with Gasteiger partial charge in [0.2, 0.25) is 0 Å². The van der Waals surface area contributed by atoms with Crippen LogP contribution in [-0.4, -0.2) is 11.7 Å². The van der Waals surface area contributed by atoms with Crippen LogP contribution in [0.3, 0.4) is 0 Å². The van der Waals surface area contributed by atoms with Gasteiger partial charge in [-0.05, 0) is 50.9 Å². The first-order valence-electron chi connectivity index (χ1n) is 22.7. The third-order valence-corrected chi connectivity index (χ3v) is 11.8. The van der Waals surface area contributed by atoms with E-state index < -0.39 is 0 Å². The van der Waals surface area contributed by atoms with Gasteiger partial charge in [-0.25, -0.2) is 0 Å². The van der Waals surface area contributed by atoms with Crippen molar-refractivity contribution in [2.75, 3.05) is 0 Å². The minimum Gasteiger partial charge on any atom is -0.371 e. The Balaban J connectivity index is 6.63. The smallest absolute Gasteiger partial charge is 0.0742 e. The van der Waals surface area contributed by atoms with Crippen LogP contribution in [-0.2, 0) is 4.74 Å². The number of unbranched alkanes of at least 4 members (excludes halogenated alkanes) is 24. The van der Waals surface area contributed by atoms with Gasteiger partial charge in [0.25, 0.3) is 0 Å². The van der Waals surface area contributed by atoms with Crippen molar-refractivity contribution in [3.05, 3.63) is 0 Å². The summed E-state index contributed by atoms with van der Waals surface area (Å²) in [6, 6.07) is 0. The van der Waals surface area contributed by atoms with Crippen molar-refractivity contribution in [1.29, 1.82) is 0 Å². The molecule has 0 fully saturated rings. The molecule has 0 amide bonds. The molecule has 0 spiro atoms. The van der Waals surface area contributed by atoms with Crippen molar-refractivity contribution in [1.82, 2.24) is 0 Å². The fraction of sp³-hybridized carbons (Fsp3) is 1.00. The summed E-state index contributed by atoms with van der Waals surface area (Å²) >= 11 is 0. The minimum absolute atomic E-state index is 0.0640. The third-order valence-electron chi connectivity index (χ3n) is 11.8. The molecular formula is C46H94O. The summed E-state index contributed by atoms with van der Waals surface area (Å²) in [6.07, 6.45) is 50.4. The molecule has 0 radical (unpaired) electrons. The molecule has 1 unspecified atom stereocenters. The van der Waals surface area contributed by atoms with Crippen LogP contribution in [0.5, 0.6) is 0 Å². The fourth-order valence-electron chi connectivity index (χ4n) is 8.67. The van der Waals surface area contributed by atoms with Crippen LogP contribution >= 0.6 is 0 Å². The summed E-state index contributed by atoms with van der Waals surface area (Å²) in [5.41, 5.74) is 0.415. The number of ether oxygens (including phenoxy) is 1. The van der Waals surface area contributed by atoms with Gasteiger partial charge in [0.1, 0.15) is 0 Å². The quantitative estimate of drug-likeness (QED) is 0.0595. The lowest BCUT2D eigenvalue weighted by Crippen LogP contribution is -2.52. The first-order chi connectivity index (χ1) is 23.0. The summed E-state index contributed by atoms with van der Waals surface area (Å²) in [5, 5.41) is 0. The zero-order chi connectivity index (χ0) is 34.7. The molecule has 47 heavy (non-hydrogen) atoms. The molecule has 1 heteroatoms. The van der Waals surface area contributed by atoms with Crippen LogP contribution < -0.4 is 0 Å². The van der Waals surface area contributed by atoms with E-state index in [0.717, 1.165) is 0 Å². The van der Waals surface area contributed by atoms with E-state index in [4.69, 9.17) is 4.74 Å². The van der Waals surface area contributed by atoms with E-state index in [0.29, 0.717) is 11.5 Å². The topological polar surface area (TPSA) is 9.23 Å². The van der Waals surface area contributed by atoms with Crippen LogP contribution in [0.15, 0.2) is 0 Å². The lowest BCUT2D eigenvalue weighted by atomic mass is 9.59. The average Bonchev–Trinajstić information content (AvgIpc) is 3.07. The molecule has 0 heterocycles. The Morgan fingerprint density at radius 3 is 0.872 bits per heavy atom. The average molecular weight is 663 g/mol. The Labute approximate surface area is 300 Å².